The van der Waals surface area contributed by atoms with E-state index in [0.29, 0.717) is 23.2 Å². The first kappa shape index (κ1) is 13.7. The molecule has 0 bridgehead atoms. The lowest BCUT2D eigenvalue weighted by Crippen LogP contribution is -2.30. The molecule has 2 rings (SSSR count). The second-order valence-electron chi connectivity index (χ2n) is 5.39. The van der Waals surface area contributed by atoms with Crippen LogP contribution in [0.5, 0.6) is 0 Å². The second kappa shape index (κ2) is 5.95. The minimum atomic E-state index is -0.0836. The number of carbonyl (C=O) groups excluding carboxylic acids is 1. The molecule has 2 unspecified atom stereocenters. The SMILES string of the molecule is CNC(=O)c1ccc(N)c(NC2CCCCC2C)c1. The van der Waals surface area contributed by atoms with Gasteiger partial charge in [-0.05, 0) is 37.0 Å². The zero-order valence-corrected chi connectivity index (χ0v) is 11.7. The normalized spacial score (nSPS) is 22.8. The third kappa shape index (κ3) is 3.19. The Morgan fingerprint density at radius 2 is 2.05 bits per heavy atom. The number of rotatable bonds is 3. The fourth-order valence-corrected chi connectivity index (χ4v) is 2.70. The maximum Gasteiger partial charge on any atom is 0.251 e. The quantitative estimate of drug-likeness (QED) is 0.733. The maximum absolute atomic E-state index is 11.7. The molecule has 0 spiro atoms. The Hall–Kier alpha value is -1.71. The summed E-state index contributed by atoms with van der Waals surface area (Å²) >= 11 is 0. The summed E-state index contributed by atoms with van der Waals surface area (Å²) in [7, 11) is 1.63. The maximum atomic E-state index is 11.7. The molecule has 1 fully saturated rings. The van der Waals surface area contributed by atoms with E-state index in [0.717, 1.165) is 5.69 Å². The third-order valence-electron chi connectivity index (χ3n) is 3.99. The topological polar surface area (TPSA) is 67.2 Å². The van der Waals surface area contributed by atoms with E-state index < -0.39 is 0 Å². The van der Waals surface area contributed by atoms with Crippen molar-refractivity contribution in [2.24, 2.45) is 5.92 Å². The Labute approximate surface area is 114 Å². The number of hydrogen-bond donors (Lipinski definition) is 3. The van der Waals surface area contributed by atoms with Gasteiger partial charge < -0.3 is 16.4 Å². The average molecular weight is 261 g/mol. The summed E-state index contributed by atoms with van der Waals surface area (Å²) in [6, 6.07) is 5.84. The molecule has 0 aliphatic heterocycles. The van der Waals surface area contributed by atoms with Gasteiger partial charge >= 0.3 is 0 Å². The highest BCUT2D eigenvalue weighted by atomic mass is 16.1. The molecule has 104 valence electrons. The molecule has 1 aromatic rings. The van der Waals surface area contributed by atoms with Crippen molar-refractivity contribution in [2.75, 3.05) is 18.1 Å². The first-order chi connectivity index (χ1) is 9.11. The lowest BCUT2D eigenvalue weighted by molar-refractivity contribution is 0.0963. The minimum absolute atomic E-state index is 0.0836. The van der Waals surface area contributed by atoms with Gasteiger partial charge in [-0.3, -0.25) is 4.79 Å². The summed E-state index contributed by atoms with van der Waals surface area (Å²) in [4.78, 5) is 11.7. The first-order valence-corrected chi connectivity index (χ1v) is 7.00. The van der Waals surface area contributed by atoms with Gasteiger partial charge in [-0.25, -0.2) is 0 Å². The zero-order valence-electron chi connectivity index (χ0n) is 11.7. The van der Waals surface area contributed by atoms with E-state index in [1.165, 1.54) is 25.7 Å². The molecule has 4 heteroatoms. The molecule has 1 amide bonds. The van der Waals surface area contributed by atoms with E-state index in [-0.39, 0.29) is 5.91 Å². The number of benzene rings is 1. The molecule has 4 N–H and O–H groups in total. The van der Waals surface area contributed by atoms with E-state index in [1.807, 2.05) is 6.07 Å². The zero-order chi connectivity index (χ0) is 13.8. The summed E-state index contributed by atoms with van der Waals surface area (Å²) in [6.07, 6.45) is 5.00. The van der Waals surface area contributed by atoms with Crippen LogP contribution in [0, 0.1) is 5.92 Å². The Kier molecular flexibility index (Phi) is 4.30. The third-order valence-corrected chi connectivity index (χ3v) is 3.99. The highest BCUT2D eigenvalue weighted by Gasteiger charge is 2.21. The molecule has 1 aromatic carbocycles. The highest BCUT2D eigenvalue weighted by Crippen LogP contribution is 2.29. The molecule has 1 aliphatic rings. The number of amides is 1. The van der Waals surface area contributed by atoms with Gasteiger partial charge in [-0.2, -0.15) is 0 Å². The summed E-state index contributed by atoms with van der Waals surface area (Å²) in [5, 5.41) is 6.15. The molecular formula is C15H23N3O. The van der Waals surface area contributed by atoms with Gasteiger partial charge in [-0.1, -0.05) is 19.8 Å². The first-order valence-electron chi connectivity index (χ1n) is 7.00. The van der Waals surface area contributed by atoms with E-state index in [9.17, 15) is 4.79 Å². The van der Waals surface area contributed by atoms with E-state index in [4.69, 9.17) is 5.73 Å². The van der Waals surface area contributed by atoms with Crippen molar-refractivity contribution >= 4 is 17.3 Å². The van der Waals surface area contributed by atoms with Crippen molar-refractivity contribution in [3.05, 3.63) is 23.8 Å². The van der Waals surface area contributed by atoms with Crippen molar-refractivity contribution in [1.82, 2.24) is 5.32 Å². The van der Waals surface area contributed by atoms with Gasteiger partial charge in [0.05, 0.1) is 11.4 Å². The van der Waals surface area contributed by atoms with Crippen LogP contribution in [-0.2, 0) is 0 Å². The van der Waals surface area contributed by atoms with Crippen LogP contribution < -0.4 is 16.4 Å². The van der Waals surface area contributed by atoms with Crippen LogP contribution in [0.4, 0.5) is 11.4 Å². The van der Waals surface area contributed by atoms with E-state index in [2.05, 4.69) is 17.6 Å². The van der Waals surface area contributed by atoms with Gasteiger partial charge in [0.2, 0.25) is 0 Å². The Balaban J connectivity index is 2.16. The molecule has 0 saturated heterocycles. The van der Waals surface area contributed by atoms with E-state index >= 15 is 0 Å². The van der Waals surface area contributed by atoms with Crippen LogP contribution in [0.3, 0.4) is 0 Å². The number of carbonyl (C=O) groups is 1. The molecule has 0 radical (unpaired) electrons. The predicted molar refractivity (Wildman–Crippen MR) is 79.3 cm³/mol. The molecule has 19 heavy (non-hydrogen) atoms. The monoisotopic (exact) mass is 261 g/mol. The lowest BCUT2D eigenvalue weighted by Gasteiger charge is -2.31. The second-order valence-corrected chi connectivity index (χ2v) is 5.39. The molecule has 1 saturated carbocycles. The minimum Gasteiger partial charge on any atom is -0.397 e. The van der Waals surface area contributed by atoms with Crippen LogP contribution in [0.2, 0.25) is 0 Å². The standard InChI is InChI=1S/C15H23N3O/c1-10-5-3-4-6-13(10)18-14-9-11(15(19)17-2)7-8-12(14)16/h7-10,13,18H,3-6,16H2,1-2H3,(H,17,19). The molecule has 2 atom stereocenters. The summed E-state index contributed by atoms with van der Waals surface area (Å²) in [5.74, 6) is 0.566. The van der Waals surface area contributed by atoms with Gasteiger partial charge in [0, 0.05) is 18.7 Å². The summed E-state index contributed by atoms with van der Waals surface area (Å²) in [6.45, 7) is 2.27. The average Bonchev–Trinajstić information content (AvgIpc) is 2.42. The predicted octanol–water partition coefficient (Wildman–Crippen LogP) is 2.62. The Morgan fingerprint density at radius 1 is 1.32 bits per heavy atom. The van der Waals surface area contributed by atoms with E-state index in [1.54, 1.807) is 19.2 Å². The van der Waals surface area contributed by atoms with Crippen LogP contribution in [0.25, 0.3) is 0 Å². The smallest absolute Gasteiger partial charge is 0.251 e. The summed E-state index contributed by atoms with van der Waals surface area (Å²) < 4.78 is 0. The highest BCUT2D eigenvalue weighted by molar-refractivity contribution is 5.96. The lowest BCUT2D eigenvalue weighted by atomic mass is 9.86. The fraction of sp³-hybridized carbons (Fsp3) is 0.533. The van der Waals surface area contributed by atoms with Crippen LogP contribution in [0.1, 0.15) is 43.0 Å². The molecular weight excluding hydrogens is 238 g/mol. The molecule has 0 heterocycles. The van der Waals surface area contributed by atoms with Crippen molar-refractivity contribution < 1.29 is 4.79 Å². The van der Waals surface area contributed by atoms with Gasteiger partial charge in [-0.15, -0.1) is 0 Å². The number of nitrogen functional groups attached to an aromatic ring is 1. The Bertz CT molecular complexity index is 459. The number of nitrogens with one attached hydrogen (secondary N) is 2. The van der Waals surface area contributed by atoms with Crippen molar-refractivity contribution in [1.29, 1.82) is 0 Å². The number of anilines is 2. The van der Waals surface area contributed by atoms with Crippen molar-refractivity contribution in [3.63, 3.8) is 0 Å². The molecule has 0 aromatic heterocycles. The fourth-order valence-electron chi connectivity index (χ4n) is 2.70. The van der Waals surface area contributed by atoms with Crippen molar-refractivity contribution in [3.8, 4) is 0 Å². The number of nitrogens with two attached hydrogens (primary N) is 1. The Morgan fingerprint density at radius 3 is 2.74 bits per heavy atom. The van der Waals surface area contributed by atoms with Crippen LogP contribution >= 0.6 is 0 Å². The number of hydrogen-bond acceptors (Lipinski definition) is 3. The van der Waals surface area contributed by atoms with Crippen LogP contribution in [-0.4, -0.2) is 19.0 Å². The van der Waals surface area contributed by atoms with Gasteiger partial charge in [0.25, 0.3) is 5.91 Å². The molecule has 1 aliphatic carbocycles. The summed E-state index contributed by atoms with van der Waals surface area (Å²) in [5.41, 5.74) is 8.22. The molecule has 4 nitrogen and oxygen atoms in total. The largest absolute Gasteiger partial charge is 0.397 e. The van der Waals surface area contributed by atoms with Crippen LogP contribution in [0.15, 0.2) is 18.2 Å². The van der Waals surface area contributed by atoms with Crippen molar-refractivity contribution in [2.45, 2.75) is 38.6 Å². The van der Waals surface area contributed by atoms with Gasteiger partial charge in [0.1, 0.15) is 0 Å². The van der Waals surface area contributed by atoms with Gasteiger partial charge in [0.15, 0.2) is 0 Å².